The molecule has 0 amide bonds. The van der Waals surface area contributed by atoms with E-state index in [4.69, 9.17) is 50.0 Å². The van der Waals surface area contributed by atoms with Gasteiger partial charge in [0.25, 0.3) is 0 Å². The molecule has 1 unspecified atom stereocenters. The van der Waals surface area contributed by atoms with Crippen LogP contribution in [-0.4, -0.2) is 26.2 Å². The lowest BCUT2D eigenvalue weighted by Crippen LogP contribution is -2.41. The highest BCUT2D eigenvalue weighted by molar-refractivity contribution is 6.42. The lowest BCUT2D eigenvalue weighted by Gasteiger charge is -2.36. The Balaban J connectivity index is 2.48. The van der Waals surface area contributed by atoms with Crippen molar-refractivity contribution in [3.05, 3.63) is 85.8 Å². The molecule has 1 aliphatic heterocycles. The molecule has 1 aliphatic rings. The predicted molar refractivity (Wildman–Crippen MR) is 121 cm³/mol. The minimum atomic E-state index is -0.996. The summed E-state index contributed by atoms with van der Waals surface area (Å²) in [5.41, 5.74) is 6.55. The van der Waals surface area contributed by atoms with Crippen molar-refractivity contribution in [1.29, 1.82) is 5.26 Å². The van der Waals surface area contributed by atoms with Gasteiger partial charge in [-0.25, -0.2) is 9.59 Å². The molecule has 164 valence electrons. The molecule has 0 aromatic heterocycles. The molecule has 0 radical (unpaired) electrons. The first kappa shape index (κ1) is 23.5. The Morgan fingerprint density at radius 1 is 1.03 bits per heavy atom. The van der Waals surface area contributed by atoms with Crippen LogP contribution in [0, 0.1) is 11.3 Å². The van der Waals surface area contributed by atoms with Crippen molar-refractivity contribution in [2.45, 2.75) is 5.92 Å². The van der Waals surface area contributed by atoms with Crippen LogP contribution in [0.4, 0.5) is 5.69 Å². The summed E-state index contributed by atoms with van der Waals surface area (Å²) in [6.45, 7) is 0. The topological polar surface area (TPSA) is 106 Å². The number of methoxy groups -OCH3 is 2. The SMILES string of the molecule is COC(=O)C1=C(C(=O)OC)N(c2c(Cl)cc(Cl)cc2Cl)C(N)=C(C#N)C1c1ccccc1. The first-order valence-electron chi connectivity index (χ1n) is 9.06. The van der Waals surface area contributed by atoms with Gasteiger partial charge in [0.1, 0.15) is 11.5 Å². The standard InChI is InChI=1S/C22H16Cl3N3O4/c1-31-21(29)17-16(11-6-4-3-5-7-11)13(10-26)20(27)28(19(17)22(30)32-2)18-14(24)8-12(23)9-15(18)25/h3-9,16H,27H2,1-2H3. The van der Waals surface area contributed by atoms with Gasteiger partial charge in [-0.05, 0) is 17.7 Å². The number of halogens is 3. The summed E-state index contributed by atoms with van der Waals surface area (Å²) in [5, 5.41) is 10.3. The van der Waals surface area contributed by atoms with E-state index in [1.54, 1.807) is 30.3 Å². The maximum atomic E-state index is 13.0. The summed E-state index contributed by atoms with van der Waals surface area (Å²) in [6, 6.07) is 13.5. The van der Waals surface area contributed by atoms with Gasteiger partial charge >= 0.3 is 11.9 Å². The summed E-state index contributed by atoms with van der Waals surface area (Å²) >= 11 is 18.8. The normalized spacial score (nSPS) is 16.0. The highest BCUT2D eigenvalue weighted by Gasteiger charge is 2.43. The lowest BCUT2D eigenvalue weighted by molar-refractivity contribution is -0.139. The third-order valence-electron chi connectivity index (χ3n) is 4.82. The van der Waals surface area contributed by atoms with E-state index in [-0.39, 0.29) is 43.4 Å². The average molecular weight is 493 g/mol. The molecule has 2 aromatic carbocycles. The molecule has 0 saturated heterocycles. The van der Waals surface area contributed by atoms with Crippen LogP contribution in [0.2, 0.25) is 15.1 Å². The zero-order valence-electron chi connectivity index (χ0n) is 16.9. The Bertz CT molecular complexity index is 1180. The zero-order valence-corrected chi connectivity index (χ0v) is 19.1. The van der Waals surface area contributed by atoms with Crippen LogP contribution in [0.15, 0.2) is 65.1 Å². The monoisotopic (exact) mass is 491 g/mol. The van der Waals surface area contributed by atoms with E-state index in [1.807, 2.05) is 6.07 Å². The Kier molecular flexibility index (Phi) is 6.99. The van der Waals surface area contributed by atoms with Crippen LogP contribution < -0.4 is 10.6 Å². The number of nitrogens with zero attached hydrogens (tertiary/aromatic N) is 2. The van der Waals surface area contributed by atoms with Gasteiger partial charge in [-0.3, -0.25) is 4.90 Å². The number of benzene rings is 2. The van der Waals surface area contributed by atoms with Crippen molar-refractivity contribution in [3.63, 3.8) is 0 Å². The van der Waals surface area contributed by atoms with Crippen LogP contribution in [0.1, 0.15) is 11.5 Å². The molecule has 0 aliphatic carbocycles. The number of ether oxygens (including phenoxy) is 2. The molecule has 0 spiro atoms. The van der Waals surface area contributed by atoms with Crippen molar-refractivity contribution < 1.29 is 19.1 Å². The number of nitriles is 1. The number of carbonyl (C=O) groups excluding carboxylic acids is 2. The van der Waals surface area contributed by atoms with E-state index in [9.17, 15) is 14.9 Å². The van der Waals surface area contributed by atoms with Crippen molar-refractivity contribution in [2.75, 3.05) is 19.1 Å². The van der Waals surface area contributed by atoms with Crippen LogP contribution >= 0.6 is 34.8 Å². The Morgan fingerprint density at radius 3 is 2.09 bits per heavy atom. The summed E-state index contributed by atoms with van der Waals surface area (Å²) in [4.78, 5) is 27.1. The van der Waals surface area contributed by atoms with Gasteiger partial charge in [0.2, 0.25) is 0 Å². The molecule has 0 fully saturated rings. The predicted octanol–water partition coefficient (Wildman–Crippen LogP) is 4.54. The minimum absolute atomic E-state index is 0.00802. The van der Waals surface area contributed by atoms with Gasteiger partial charge in [-0.2, -0.15) is 5.26 Å². The van der Waals surface area contributed by atoms with Crippen LogP contribution in [0.25, 0.3) is 0 Å². The molecule has 2 aromatic rings. The quantitative estimate of drug-likeness (QED) is 0.624. The molecule has 1 heterocycles. The third-order valence-corrected chi connectivity index (χ3v) is 5.61. The molecule has 7 nitrogen and oxygen atoms in total. The number of allylic oxidation sites excluding steroid dienone is 1. The van der Waals surface area contributed by atoms with E-state index in [1.165, 1.54) is 12.1 Å². The number of rotatable bonds is 4. The van der Waals surface area contributed by atoms with Crippen LogP contribution in [0.3, 0.4) is 0 Å². The Morgan fingerprint density at radius 2 is 1.59 bits per heavy atom. The average Bonchev–Trinajstić information content (AvgIpc) is 2.78. The van der Waals surface area contributed by atoms with Gasteiger partial charge in [0, 0.05) is 5.02 Å². The van der Waals surface area contributed by atoms with Crippen molar-refractivity contribution in [3.8, 4) is 6.07 Å². The lowest BCUT2D eigenvalue weighted by atomic mass is 9.81. The molecular formula is C22H16Cl3N3O4. The number of carbonyl (C=O) groups is 2. The van der Waals surface area contributed by atoms with E-state index in [2.05, 4.69) is 0 Å². The first-order valence-corrected chi connectivity index (χ1v) is 10.2. The second kappa shape index (κ2) is 9.53. The van der Waals surface area contributed by atoms with E-state index >= 15 is 0 Å². The van der Waals surface area contributed by atoms with Crippen molar-refractivity contribution in [2.24, 2.45) is 5.73 Å². The molecular weight excluding hydrogens is 477 g/mol. The van der Waals surface area contributed by atoms with E-state index in [0.29, 0.717) is 5.56 Å². The maximum Gasteiger partial charge on any atom is 0.355 e. The summed E-state index contributed by atoms with van der Waals surface area (Å²) in [7, 11) is 2.30. The highest BCUT2D eigenvalue weighted by atomic mass is 35.5. The molecule has 32 heavy (non-hydrogen) atoms. The number of hydrogen-bond acceptors (Lipinski definition) is 7. The molecule has 10 heteroatoms. The van der Waals surface area contributed by atoms with Crippen molar-refractivity contribution >= 4 is 52.4 Å². The highest BCUT2D eigenvalue weighted by Crippen LogP contribution is 2.47. The summed E-state index contributed by atoms with van der Waals surface area (Å²) < 4.78 is 9.92. The van der Waals surface area contributed by atoms with Gasteiger partial charge in [-0.15, -0.1) is 0 Å². The molecule has 0 saturated carbocycles. The smallest absolute Gasteiger partial charge is 0.355 e. The fraction of sp³-hybridized carbons (Fsp3) is 0.136. The fourth-order valence-electron chi connectivity index (χ4n) is 3.49. The molecule has 2 N–H and O–H groups in total. The maximum absolute atomic E-state index is 13.0. The van der Waals surface area contributed by atoms with Crippen molar-refractivity contribution in [1.82, 2.24) is 0 Å². The minimum Gasteiger partial charge on any atom is -0.466 e. The largest absolute Gasteiger partial charge is 0.466 e. The number of esters is 2. The molecule has 3 rings (SSSR count). The summed E-state index contributed by atoms with van der Waals surface area (Å²) in [5.74, 6) is -2.91. The van der Waals surface area contributed by atoms with Crippen LogP contribution in [0.5, 0.6) is 0 Å². The van der Waals surface area contributed by atoms with Gasteiger partial charge in [-0.1, -0.05) is 65.1 Å². The van der Waals surface area contributed by atoms with E-state index < -0.39 is 17.9 Å². The second-order valence-corrected chi connectivity index (χ2v) is 7.80. The van der Waals surface area contributed by atoms with Crippen LogP contribution in [-0.2, 0) is 19.1 Å². The molecule has 1 atom stereocenters. The van der Waals surface area contributed by atoms with E-state index in [0.717, 1.165) is 19.1 Å². The number of nitrogens with two attached hydrogens (primary N) is 1. The Hall–Kier alpha value is -3.18. The first-order chi connectivity index (χ1) is 15.3. The summed E-state index contributed by atoms with van der Waals surface area (Å²) in [6.07, 6.45) is 0. The van der Waals surface area contributed by atoms with Gasteiger partial charge in [0.05, 0.1) is 53.1 Å². The fourth-order valence-corrected chi connectivity index (χ4v) is 4.48. The second-order valence-electron chi connectivity index (χ2n) is 6.55. The third kappa shape index (κ3) is 4.00. The number of hydrogen-bond donors (Lipinski definition) is 1. The zero-order chi connectivity index (χ0) is 23.6. The molecule has 0 bridgehead atoms. The van der Waals surface area contributed by atoms with Gasteiger partial charge in [0.15, 0.2) is 0 Å². The Labute approximate surface area is 199 Å². The van der Waals surface area contributed by atoms with Gasteiger partial charge < -0.3 is 15.2 Å². The number of anilines is 1.